The summed E-state index contributed by atoms with van der Waals surface area (Å²) >= 11 is 0. The normalized spacial score (nSPS) is 15.4. The van der Waals surface area contributed by atoms with Gasteiger partial charge in [-0.25, -0.2) is 4.79 Å². The standard InChI is InChI=1S/C8H12N4O2/c9-5-6(10-3-4-1-2-4)11-8(14)12-7(5)13/h4H,1-3,9H2,(H3,10,11,12,13,14). The number of nitrogen functional groups attached to an aromatic ring is 1. The van der Waals surface area contributed by atoms with E-state index in [0.717, 1.165) is 6.54 Å². The van der Waals surface area contributed by atoms with Crippen LogP contribution in [0.15, 0.2) is 9.59 Å². The topological polar surface area (TPSA) is 104 Å². The van der Waals surface area contributed by atoms with Crippen molar-refractivity contribution < 1.29 is 0 Å². The summed E-state index contributed by atoms with van der Waals surface area (Å²) in [5, 5.41) is 2.96. The SMILES string of the molecule is Nc1c(NCC2CC2)[nH]c(=O)[nH]c1=O. The van der Waals surface area contributed by atoms with Gasteiger partial charge < -0.3 is 11.1 Å². The van der Waals surface area contributed by atoms with Crippen molar-refractivity contribution in [2.24, 2.45) is 5.92 Å². The van der Waals surface area contributed by atoms with Crippen molar-refractivity contribution >= 4 is 11.5 Å². The summed E-state index contributed by atoms with van der Waals surface area (Å²) in [6, 6.07) is 0. The predicted octanol–water partition coefficient (Wildman–Crippen LogP) is -0.533. The molecule has 0 atom stereocenters. The molecule has 1 heterocycles. The molecular formula is C8H12N4O2. The average molecular weight is 196 g/mol. The molecule has 1 fully saturated rings. The molecule has 1 aliphatic carbocycles. The minimum Gasteiger partial charge on any atom is -0.391 e. The Balaban J connectivity index is 2.21. The molecule has 6 nitrogen and oxygen atoms in total. The van der Waals surface area contributed by atoms with Gasteiger partial charge in [-0.15, -0.1) is 0 Å². The second-order valence-corrected chi connectivity index (χ2v) is 3.52. The van der Waals surface area contributed by atoms with E-state index in [-0.39, 0.29) is 5.69 Å². The molecule has 1 aromatic heterocycles. The van der Waals surface area contributed by atoms with E-state index in [1.807, 2.05) is 0 Å². The minimum atomic E-state index is -0.549. The second-order valence-electron chi connectivity index (χ2n) is 3.52. The largest absolute Gasteiger partial charge is 0.391 e. The van der Waals surface area contributed by atoms with E-state index in [1.165, 1.54) is 12.8 Å². The second kappa shape index (κ2) is 3.21. The van der Waals surface area contributed by atoms with Gasteiger partial charge in [0.05, 0.1) is 0 Å². The summed E-state index contributed by atoms with van der Waals surface area (Å²) in [7, 11) is 0. The van der Waals surface area contributed by atoms with Crippen molar-refractivity contribution in [2.75, 3.05) is 17.6 Å². The van der Waals surface area contributed by atoms with E-state index < -0.39 is 11.2 Å². The summed E-state index contributed by atoms with van der Waals surface area (Å²) in [6.45, 7) is 0.754. The van der Waals surface area contributed by atoms with Gasteiger partial charge in [0, 0.05) is 6.54 Å². The Kier molecular flexibility index (Phi) is 2.03. The minimum absolute atomic E-state index is 0.0326. The molecule has 1 saturated carbocycles. The van der Waals surface area contributed by atoms with Crippen LogP contribution in [0.1, 0.15) is 12.8 Å². The van der Waals surface area contributed by atoms with Gasteiger partial charge in [-0.1, -0.05) is 0 Å². The Morgan fingerprint density at radius 1 is 1.36 bits per heavy atom. The van der Waals surface area contributed by atoms with Crippen LogP contribution in [0.2, 0.25) is 0 Å². The van der Waals surface area contributed by atoms with Crippen LogP contribution in [-0.2, 0) is 0 Å². The molecule has 2 rings (SSSR count). The fourth-order valence-electron chi connectivity index (χ4n) is 1.20. The zero-order chi connectivity index (χ0) is 10.1. The molecule has 76 valence electrons. The lowest BCUT2D eigenvalue weighted by molar-refractivity contribution is 0.877. The molecule has 0 spiro atoms. The first-order valence-electron chi connectivity index (χ1n) is 4.53. The van der Waals surface area contributed by atoms with Gasteiger partial charge in [-0.2, -0.15) is 0 Å². The average Bonchev–Trinajstić information content (AvgIpc) is 2.92. The molecule has 5 N–H and O–H groups in total. The summed E-state index contributed by atoms with van der Waals surface area (Å²) in [4.78, 5) is 26.5. The van der Waals surface area contributed by atoms with Crippen molar-refractivity contribution in [1.82, 2.24) is 9.97 Å². The Hall–Kier alpha value is -1.72. The van der Waals surface area contributed by atoms with Crippen molar-refractivity contribution in [1.29, 1.82) is 0 Å². The summed E-state index contributed by atoms with van der Waals surface area (Å²) in [5.41, 5.74) is 4.43. The molecule has 0 amide bonds. The summed E-state index contributed by atoms with van der Waals surface area (Å²) < 4.78 is 0. The summed E-state index contributed by atoms with van der Waals surface area (Å²) in [6.07, 6.45) is 2.39. The maximum Gasteiger partial charge on any atom is 0.327 e. The highest BCUT2D eigenvalue weighted by Crippen LogP contribution is 2.28. The molecule has 0 aromatic carbocycles. The van der Waals surface area contributed by atoms with E-state index in [4.69, 9.17) is 5.73 Å². The zero-order valence-electron chi connectivity index (χ0n) is 7.59. The molecule has 1 aliphatic rings. The molecule has 1 aromatic rings. The van der Waals surface area contributed by atoms with Gasteiger partial charge in [-0.05, 0) is 18.8 Å². The number of nitrogens with one attached hydrogen (secondary N) is 3. The fourth-order valence-corrected chi connectivity index (χ4v) is 1.20. The van der Waals surface area contributed by atoms with Gasteiger partial charge in [0.1, 0.15) is 11.5 Å². The Morgan fingerprint density at radius 2 is 2.07 bits per heavy atom. The molecule has 0 aliphatic heterocycles. The summed E-state index contributed by atoms with van der Waals surface area (Å²) in [5.74, 6) is 0.975. The lowest BCUT2D eigenvalue weighted by Crippen LogP contribution is -2.27. The van der Waals surface area contributed by atoms with Crippen LogP contribution in [-0.4, -0.2) is 16.5 Å². The smallest absolute Gasteiger partial charge is 0.327 e. The maximum atomic E-state index is 11.1. The van der Waals surface area contributed by atoms with Crippen LogP contribution in [0.5, 0.6) is 0 Å². The molecule has 0 saturated heterocycles. The Bertz CT molecular complexity index is 443. The van der Waals surface area contributed by atoms with Crippen LogP contribution in [0.3, 0.4) is 0 Å². The van der Waals surface area contributed by atoms with E-state index in [0.29, 0.717) is 11.7 Å². The number of anilines is 2. The number of nitrogens with two attached hydrogens (primary N) is 1. The molecule has 6 heteroatoms. The third kappa shape index (κ3) is 1.78. The van der Waals surface area contributed by atoms with Gasteiger partial charge in [0.25, 0.3) is 5.56 Å². The van der Waals surface area contributed by atoms with E-state index in [2.05, 4.69) is 15.3 Å². The number of hydrogen-bond donors (Lipinski definition) is 4. The first kappa shape index (κ1) is 8.86. The molecule has 0 unspecified atom stereocenters. The Morgan fingerprint density at radius 3 is 2.71 bits per heavy atom. The third-order valence-electron chi connectivity index (χ3n) is 2.24. The lowest BCUT2D eigenvalue weighted by atomic mass is 10.4. The number of H-pyrrole nitrogens is 2. The third-order valence-corrected chi connectivity index (χ3v) is 2.24. The molecule has 0 bridgehead atoms. The lowest BCUT2D eigenvalue weighted by Gasteiger charge is -2.06. The van der Waals surface area contributed by atoms with E-state index in [9.17, 15) is 9.59 Å². The number of aromatic amines is 2. The van der Waals surface area contributed by atoms with Crippen LogP contribution in [0.25, 0.3) is 0 Å². The predicted molar refractivity (Wildman–Crippen MR) is 53.3 cm³/mol. The molecular weight excluding hydrogens is 184 g/mol. The van der Waals surface area contributed by atoms with Crippen molar-refractivity contribution in [3.8, 4) is 0 Å². The highest BCUT2D eigenvalue weighted by molar-refractivity contribution is 5.58. The monoisotopic (exact) mass is 196 g/mol. The highest BCUT2D eigenvalue weighted by atomic mass is 16.2. The number of rotatable bonds is 3. The van der Waals surface area contributed by atoms with Gasteiger partial charge in [-0.3, -0.25) is 14.8 Å². The van der Waals surface area contributed by atoms with Crippen LogP contribution < -0.4 is 22.3 Å². The highest BCUT2D eigenvalue weighted by Gasteiger charge is 2.21. The molecule has 0 radical (unpaired) electrons. The quantitative estimate of drug-likeness (QED) is 0.521. The fraction of sp³-hybridized carbons (Fsp3) is 0.500. The Labute approximate surface area is 79.5 Å². The van der Waals surface area contributed by atoms with Crippen molar-refractivity contribution in [2.45, 2.75) is 12.8 Å². The van der Waals surface area contributed by atoms with Gasteiger partial charge in [0.15, 0.2) is 0 Å². The zero-order valence-corrected chi connectivity index (χ0v) is 7.59. The van der Waals surface area contributed by atoms with Crippen LogP contribution in [0.4, 0.5) is 11.5 Å². The molecule has 14 heavy (non-hydrogen) atoms. The van der Waals surface area contributed by atoms with Gasteiger partial charge >= 0.3 is 5.69 Å². The first-order chi connectivity index (χ1) is 6.66. The van der Waals surface area contributed by atoms with Crippen molar-refractivity contribution in [3.63, 3.8) is 0 Å². The van der Waals surface area contributed by atoms with Crippen LogP contribution in [0, 0.1) is 5.92 Å². The number of aromatic nitrogens is 2. The number of hydrogen-bond acceptors (Lipinski definition) is 4. The maximum absolute atomic E-state index is 11.1. The van der Waals surface area contributed by atoms with Crippen molar-refractivity contribution in [3.05, 3.63) is 20.8 Å². The first-order valence-corrected chi connectivity index (χ1v) is 4.53. The van der Waals surface area contributed by atoms with Crippen LogP contribution >= 0.6 is 0 Å². The van der Waals surface area contributed by atoms with Gasteiger partial charge in [0.2, 0.25) is 0 Å². The van der Waals surface area contributed by atoms with E-state index >= 15 is 0 Å². The van der Waals surface area contributed by atoms with E-state index in [1.54, 1.807) is 0 Å².